The van der Waals surface area contributed by atoms with E-state index in [1.54, 1.807) is 12.0 Å². The molecule has 0 aliphatic carbocycles. The zero-order valence-corrected chi connectivity index (χ0v) is 14.5. The molecule has 2 atom stereocenters. The molecule has 2 unspecified atom stereocenters. The Kier molecular flexibility index (Phi) is 6.61. The number of hydrogen-bond acceptors (Lipinski definition) is 5. The van der Waals surface area contributed by atoms with Crippen LogP contribution in [-0.2, 0) is 25.4 Å². The molecule has 1 heterocycles. The van der Waals surface area contributed by atoms with E-state index in [0.717, 1.165) is 30.5 Å². The topological polar surface area (TPSA) is 65.1 Å². The number of rotatable bonds is 8. The number of nitrogens with zero attached hydrogens (tertiary/aromatic N) is 1. The minimum atomic E-state index is -0.342. The number of carbonyl (C=O) groups excluding carboxylic acids is 2. The third-order valence-corrected chi connectivity index (χ3v) is 4.02. The standard InChI is InChI=1S/C18H25NO5/c1-4-16(23-13(2)20)10-7-14-5-8-15(9-6-14)19-11-17(12-22-3)24-18(19)21/h5-6,8-9,16-17H,4,7,10-12H2,1-3H3. The Bertz CT molecular complexity index is 557. The summed E-state index contributed by atoms with van der Waals surface area (Å²) < 4.78 is 15.5. The molecular formula is C18H25NO5. The molecule has 132 valence electrons. The summed E-state index contributed by atoms with van der Waals surface area (Å²) in [7, 11) is 1.59. The summed E-state index contributed by atoms with van der Waals surface area (Å²) in [6.45, 7) is 4.33. The average molecular weight is 335 g/mol. The zero-order valence-electron chi connectivity index (χ0n) is 14.5. The first-order valence-electron chi connectivity index (χ1n) is 8.26. The molecular weight excluding hydrogens is 310 g/mol. The molecule has 0 saturated carbocycles. The molecule has 1 aromatic rings. The minimum absolute atomic E-state index is 0.0504. The second kappa shape index (κ2) is 8.68. The average Bonchev–Trinajstić information content (AvgIpc) is 2.92. The quantitative estimate of drug-likeness (QED) is 0.684. The highest BCUT2D eigenvalue weighted by atomic mass is 16.6. The summed E-state index contributed by atoms with van der Waals surface area (Å²) in [5, 5.41) is 0. The monoisotopic (exact) mass is 335 g/mol. The number of methoxy groups -OCH3 is 1. The van der Waals surface area contributed by atoms with E-state index in [1.807, 2.05) is 31.2 Å². The zero-order chi connectivity index (χ0) is 17.5. The van der Waals surface area contributed by atoms with Gasteiger partial charge in [0.15, 0.2) is 0 Å². The van der Waals surface area contributed by atoms with Crippen LogP contribution in [0.15, 0.2) is 24.3 Å². The lowest BCUT2D eigenvalue weighted by Crippen LogP contribution is -2.25. The van der Waals surface area contributed by atoms with Gasteiger partial charge in [0.25, 0.3) is 0 Å². The van der Waals surface area contributed by atoms with Crippen molar-refractivity contribution in [2.24, 2.45) is 0 Å². The van der Waals surface area contributed by atoms with Gasteiger partial charge in [-0.2, -0.15) is 0 Å². The fraction of sp³-hybridized carbons (Fsp3) is 0.556. The van der Waals surface area contributed by atoms with Gasteiger partial charge >= 0.3 is 12.1 Å². The molecule has 1 aromatic carbocycles. The van der Waals surface area contributed by atoms with Crippen molar-refractivity contribution in [3.05, 3.63) is 29.8 Å². The largest absolute Gasteiger partial charge is 0.463 e. The van der Waals surface area contributed by atoms with Gasteiger partial charge in [0.1, 0.15) is 12.2 Å². The van der Waals surface area contributed by atoms with Crippen molar-refractivity contribution in [2.75, 3.05) is 25.2 Å². The van der Waals surface area contributed by atoms with Crippen LogP contribution in [-0.4, -0.2) is 44.5 Å². The number of benzene rings is 1. The Morgan fingerprint density at radius 3 is 2.67 bits per heavy atom. The number of ether oxygens (including phenoxy) is 3. The number of aryl methyl sites for hydroxylation is 1. The van der Waals surface area contributed by atoms with Crippen LogP contribution in [0.4, 0.5) is 10.5 Å². The Morgan fingerprint density at radius 1 is 1.38 bits per heavy atom. The molecule has 1 saturated heterocycles. The Balaban J connectivity index is 1.91. The summed E-state index contributed by atoms with van der Waals surface area (Å²) in [6.07, 6.45) is 1.80. The molecule has 0 spiro atoms. The highest BCUT2D eigenvalue weighted by Crippen LogP contribution is 2.23. The maximum absolute atomic E-state index is 11.9. The van der Waals surface area contributed by atoms with Gasteiger partial charge in [-0.25, -0.2) is 4.79 Å². The fourth-order valence-electron chi connectivity index (χ4n) is 2.76. The van der Waals surface area contributed by atoms with Crippen LogP contribution < -0.4 is 4.90 Å². The predicted molar refractivity (Wildman–Crippen MR) is 90.1 cm³/mol. The van der Waals surface area contributed by atoms with Gasteiger partial charge in [0.05, 0.1) is 13.2 Å². The lowest BCUT2D eigenvalue weighted by atomic mass is 10.0. The molecule has 6 heteroatoms. The molecule has 1 aliphatic heterocycles. The Hall–Kier alpha value is -2.08. The number of anilines is 1. The third kappa shape index (κ3) is 4.96. The Morgan fingerprint density at radius 2 is 2.08 bits per heavy atom. The maximum Gasteiger partial charge on any atom is 0.414 e. The molecule has 24 heavy (non-hydrogen) atoms. The van der Waals surface area contributed by atoms with Crippen molar-refractivity contribution in [3.63, 3.8) is 0 Å². The van der Waals surface area contributed by atoms with Crippen LogP contribution in [0.3, 0.4) is 0 Å². The molecule has 0 N–H and O–H groups in total. The molecule has 0 radical (unpaired) electrons. The molecule has 1 amide bonds. The van der Waals surface area contributed by atoms with Crippen molar-refractivity contribution in [1.82, 2.24) is 0 Å². The second-order valence-electron chi connectivity index (χ2n) is 5.92. The summed E-state index contributed by atoms with van der Waals surface area (Å²) in [4.78, 5) is 24.6. The molecule has 1 fully saturated rings. The minimum Gasteiger partial charge on any atom is -0.463 e. The molecule has 0 bridgehead atoms. The predicted octanol–water partition coefficient (Wildman–Crippen LogP) is 2.93. The van der Waals surface area contributed by atoms with Crippen LogP contribution in [0.25, 0.3) is 0 Å². The van der Waals surface area contributed by atoms with E-state index in [4.69, 9.17) is 14.2 Å². The van der Waals surface area contributed by atoms with Gasteiger partial charge in [-0.3, -0.25) is 9.69 Å². The maximum atomic E-state index is 11.9. The van der Waals surface area contributed by atoms with E-state index in [2.05, 4.69) is 0 Å². The van der Waals surface area contributed by atoms with Crippen LogP contribution in [0.5, 0.6) is 0 Å². The van der Waals surface area contributed by atoms with Crippen molar-refractivity contribution < 1.29 is 23.8 Å². The normalized spacial score (nSPS) is 18.4. The van der Waals surface area contributed by atoms with E-state index < -0.39 is 0 Å². The van der Waals surface area contributed by atoms with Gasteiger partial charge in [-0.05, 0) is 37.0 Å². The highest BCUT2D eigenvalue weighted by molar-refractivity contribution is 5.89. The molecule has 2 rings (SSSR count). The van der Waals surface area contributed by atoms with Gasteiger partial charge < -0.3 is 14.2 Å². The number of esters is 1. The summed E-state index contributed by atoms with van der Waals surface area (Å²) in [6, 6.07) is 7.82. The first-order chi connectivity index (χ1) is 11.5. The summed E-state index contributed by atoms with van der Waals surface area (Å²) in [5.41, 5.74) is 1.96. The second-order valence-corrected chi connectivity index (χ2v) is 5.92. The number of carbonyl (C=O) groups is 2. The van der Waals surface area contributed by atoms with E-state index in [1.165, 1.54) is 6.92 Å². The van der Waals surface area contributed by atoms with Crippen LogP contribution >= 0.6 is 0 Å². The lowest BCUT2D eigenvalue weighted by Gasteiger charge is -2.16. The van der Waals surface area contributed by atoms with E-state index >= 15 is 0 Å². The number of cyclic esters (lactones) is 1. The SMILES string of the molecule is CCC(CCc1ccc(N2CC(COC)OC2=O)cc1)OC(C)=O. The van der Waals surface area contributed by atoms with Crippen molar-refractivity contribution in [3.8, 4) is 0 Å². The van der Waals surface area contributed by atoms with Gasteiger partial charge in [-0.15, -0.1) is 0 Å². The number of amides is 1. The van der Waals surface area contributed by atoms with Crippen molar-refractivity contribution in [2.45, 2.75) is 45.3 Å². The summed E-state index contributed by atoms with van der Waals surface area (Å²) >= 11 is 0. The first kappa shape index (κ1) is 18.3. The molecule has 0 aromatic heterocycles. The molecule has 1 aliphatic rings. The highest BCUT2D eigenvalue weighted by Gasteiger charge is 2.32. The van der Waals surface area contributed by atoms with Gasteiger partial charge in [-0.1, -0.05) is 19.1 Å². The van der Waals surface area contributed by atoms with E-state index in [-0.39, 0.29) is 24.3 Å². The van der Waals surface area contributed by atoms with Crippen LogP contribution in [0.2, 0.25) is 0 Å². The van der Waals surface area contributed by atoms with Crippen LogP contribution in [0.1, 0.15) is 32.3 Å². The molecule has 6 nitrogen and oxygen atoms in total. The van der Waals surface area contributed by atoms with E-state index in [0.29, 0.717) is 13.2 Å². The van der Waals surface area contributed by atoms with Crippen molar-refractivity contribution in [1.29, 1.82) is 0 Å². The smallest absolute Gasteiger partial charge is 0.414 e. The van der Waals surface area contributed by atoms with E-state index in [9.17, 15) is 9.59 Å². The summed E-state index contributed by atoms with van der Waals surface area (Å²) in [5.74, 6) is -0.240. The first-order valence-corrected chi connectivity index (χ1v) is 8.26. The van der Waals surface area contributed by atoms with Gasteiger partial charge in [0.2, 0.25) is 0 Å². The number of hydrogen-bond donors (Lipinski definition) is 0. The Labute approximate surface area is 142 Å². The lowest BCUT2D eigenvalue weighted by molar-refractivity contribution is -0.146. The van der Waals surface area contributed by atoms with Crippen molar-refractivity contribution >= 4 is 17.7 Å². The fourth-order valence-corrected chi connectivity index (χ4v) is 2.76. The van der Waals surface area contributed by atoms with Gasteiger partial charge in [0, 0.05) is 19.7 Å². The third-order valence-electron chi connectivity index (χ3n) is 4.02. The van der Waals surface area contributed by atoms with Crippen LogP contribution in [0, 0.1) is 0 Å².